The Morgan fingerprint density at radius 3 is 2.38 bits per heavy atom. The average molecular weight is 487 g/mol. The highest BCUT2D eigenvalue weighted by molar-refractivity contribution is 7.13. The number of rotatable bonds is 5. The minimum Gasteiger partial charge on any atom is -0.350 e. The van der Waals surface area contributed by atoms with E-state index >= 15 is 0 Å². The number of aryl methyl sites for hydroxylation is 2. The number of anilines is 3. The zero-order chi connectivity index (χ0) is 23.0. The number of carbonyl (C=O) groups excluding carboxylic acids is 3. The number of nitrogens with zero attached hydrogens (tertiary/aromatic N) is 2. The first-order valence-corrected chi connectivity index (χ1v) is 11.0. The van der Waals surface area contributed by atoms with Gasteiger partial charge in [-0.1, -0.05) is 29.3 Å². The third kappa shape index (κ3) is 4.25. The van der Waals surface area contributed by atoms with Gasteiger partial charge in [-0.3, -0.25) is 19.7 Å². The van der Waals surface area contributed by atoms with Crippen molar-refractivity contribution in [1.29, 1.82) is 0 Å². The Labute approximate surface area is 197 Å². The number of thiazole rings is 1. The summed E-state index contributed by atoms with van der Waals surface area (Å²) in [4.78, 5) is 43.0. The monoisotopic (exact) mass is 486 g/mol. The van der Waals surface area contributed by atoms with Crippen LogP contribution in [0.5, 0.6) is 0 Å². The minimum atomic E-state index is -0.645. The van der Waals surface area contributed by atoms with Crippen LogP contribution in [0, 0.1) is 13.8 Å². The molecule has 1 aromatic heterocycles. The van der Waals surface area contributed by atoms with Gasteiger partial charge in [0.05, 0.1) is 11.4 Å². The first-order chi connectivity index (χ1) is 15.2. The standard InChI is InChI=1S/C22H16Cl2N4O3S/c1-11-3-8-15(9-16(11)23)28-20(30)17(24)18(21(28)31)26-14-6-4-13(5-7-14)19(29)27-22-25-12(2)10-32-22/h3-10,26H,1-2H3,(H,25,27,29). The van der Waals surface area contributed by atoms with E-state index in [1.165, 1.54) is 17.4 Å². The molecule has 0 spiro atoms. The zero-order valence-electron chi connectivity index (χ0n) is 16.9. The van der Waals surface area contributed by atoms with Gasteiger partial charge in [0, 0.05) is 21.7 Å². The Bertz CT molecular complexity index is 1280. The Morgan fingerprint density at radius 2 is 1.75 bits per heavy atom. The lowest BCUT2D eigenvalue weighted by atomic mass is 10.2. The highest BCUT2D eigenvalue weighted by Gasteiger charge is 2.39. The number of imide groups is 1. The third-order valence-electron chi connectivity index (χ3n) is 4.70. The molecule has 0 radical (unpaired) electrons. The molecule has 1 aliphatic heterocycles. The molecule has 0 aliphatic carbocycles. The van der Waals surface area contributed by atoms with E-state index in [1.807, 2.05) is 19.2 Å². The molecule has 0 saturated carbocycles. The van der Waals surface area contributed by atoms with Crippen molar-refractivity contribution in [3.05, 3.63) is 80.4 Å². The van der Waals surface area contributed by atoms with E-state index in [2.05, 4.69) is 15.6 Å². The molecule has 3 amide bonds. The summed E-state index contributed by atoms with van der Waals surface area (Å²) in [5.74, 6) is -1.55. The van der Waals surface area contributed by atoms with Crippen LogP contribution < -0.4 is 15.5 Å². The maximum absolute atomic E-state index is 12.9. The number of hydrogen-bond acceptors (Lipinski definition) is 6. The van der Waals surface area contributed by atoms with Crippen molar-refractivity contribution in [3.63, 3.8) is 0 Å². The Hall–Kier alpha value is -3.20. The van der Waals surface area contributed by atoms with E-state index in [-0.39, 0.29) is 16.6 Å². The number of carbonyl (C=O) groups is 3. The van der Waals surface area contributed by atoms with Crippen LogP contribution in [0.25, 0.3) is 0 Å². The van der Waals surface area contributed by atoms with Gasteiger partial charge in [0.15, 0.2) is 5.13 Å². The third-order valence-corrected chi connectivity index (χ3v) is 6.33. The van der Waals surface area contributed by atoms with Crippen molar-refractivity contribution in [2.45, 2.75) is 13.8 Å². The molecule has 0 fully saturated rings. The van der Waals surface area contributed by atoms with Gasteiger partial charge in [0.25, 0.3) is 17.7 Å². The first-order valence-electron chi connectivity index (χ1n) is 9.40. The van der Waals surface area contributed by atoms with Gasteiger partial charge in [0.2, 0.25) is 0 Å². The zero-order valence-corrected chi connectivity index (χ0v) is 19.2. The van der Waals surface area contributed by atoms with Crippen LogP contribution in [0.3, 0.4) is 0 Å². The Kier molecular flexibility index (Phi) is 6.01. The van der Waals surface area contributed by atoms with E-state index < -0.39 is 11.8 Å². The SMILES string of the molecule is Cc1csc(NC(=O)c2ccc(NC3=C(Cl)C(=O)N(c4ccc(C)c(Cl)c4)C3=O)cc2)n1. The van der Waals surface area contributed by atoms with Crippen molar-refractivity contribution in [1.82, 2.24) is 4.98 Å². The lowest BCUT2D eigenvalue weighted by Gasteiger charge is -2.16. The van der Waals surface area contributed by atoms with Gasteiger partial charge in [-0.05, 0) is 55.8 Å². The minimum absolute atomic E-state index is 0.0520. The topological polar surface area (TPSA) is 91.4 Å². The molecule has 10 heteroatoms. The Balaban J connectivity index is 1.49. The fourth-order valence-corrected chi connectivity index (χ4v) is 4.07. The predicted octanol–water partition coefficient (Wildman–Crippen LogP) is 5.10. The molecular formula is C22H16Cl2N4O3S. The van der Waals surface area contributed by atoms with Gasteiger partial charge in [-0.25, -0.2) is 9.88 Å². The highest BCUT2D eigenvalue weighted by atomic mass is 35.5. The maximum Gasteiger partial charge on any atom is 0.283 e. The van der Waals surface area contributed by atoms with Gasteiger partial charge in [0.1, 0.15) is 10.7 Å². The van der Waals surface area contributed by atoms with E-state index in [0.29, 0.717) is 27.1 Å². The molecule has 32 heavy (non-hydrogen) atoms. The maximum atomic E-state index is 12.9. The predicted molar refractivity (Wildman–Crippen MR) is 126 cm³/mol. The highest BCUT2D eigenvalue weighted by Crippen LogP contribution is 2.32. The number of benzene rings is 2. The van der Waals surface area contributed by atoms with Gasteiger partial charge in [-0.2, -0.15) is 0 Å². The summed E-state index contributed by atoms with van der Waals surface area (Å²) in [6, 6.07) is 11.3. The summed E-state index contributed by atoms with van der Waals surface area (Å²) in [6.45, 7) is 3.66. The lowest BCUT2D eigenvalue weighted by molar-refractivity contribution is -0.120. The smallest absolute Gasteiger partial charge is 0.283 e. The summed E-state index contributed by atoms with van der Waals surface area (Å²) in [6.07, 6.45) is 0. The lowest BCUT2D eigenvalue weighted by Crippen LogP contribution is -2.32. The van der Waals surface area contributed by atoms with E-state index in [9.17, 15) is 14.4 Å². The molecular weight excluding hydrogens is 471 g/mol. The Morgan fingerprint density at radius 1 is 1.03 bits per heavy atom. The molecule has 0 bridgehead atoms. The summed E-state index contributed by atoms with van der Waals surface area (Å²) < 4.78 is 0. The van der Waals surface area contributed by atoms with Gasteiger partial charge >= 0.3 is 0 Å². The second-order valence-electron chi connectivity index (χ2n) is 7.02. The van der Waals surface area contributed by atoms with Gasteiger partial charge in [-0.15, -0.1) is 11.3 Å². The van der Waals surface area contributed by atoms with Crippen LogP contribution in [0.4, 0.5) is 16.5 Å². The average Bonchev–Trinajstić information content (AvgIpc) is 3.26. The molecule has 4 rings (SSSR count). The number of amides is 3. The van der Waals surface area contributed by atoms with Crippen LogP contribution in [-0.4, -0.2) is 22.7 Å². The van der Waals surface area contributed by atoms with Crippen molar-refractivity contribution >= 4 is 68.8 Å². The van der Waals surface area contributed by atoms with Crippen molar-refractivity contribution in [3.8, 4) is 0 Å². The van der Waals surface area contributed by atoms with E-state index in [4.69, 9.17) is 23.2 Å². The largest absolute Gasteiger partial charge is 0.350 e. The van der Waals surface area contributed by atoms with Crippen molar-refractivity contribution in [2.24, 2.45) is 0 Å². The summed E-state index contributed by atoms with van der Waals surface area (Å²) >= 11 is 13.6. The second kappa shape index (κ2) is 8.74. The number of halogens is 2. The molecule has 1 aliphatic rings. The number of hydrogen-bond donors (Lipinski definition) is 2. The molecule has 0 atom stereocenters. The van der Waals surface area contributed by atoms with Crippen LogP contribution in [0.15, 0.2) is 58.6 Å². The first kappa shape index (κ1) is 22.0. The summed E-state index contributed by atoms with van der Waals surface area (Å²) in [5.41, 5.74) is 2.82. The molecule has 2 aromatic carbocycles. The van der Waals surface area contributed by atoms with Crippen LogP contribution in [0.1, 0.15) is 21.6 Å². The van der Waals surface area contributed by atoms with Crippen molar-refractivity contribution < 1.29 is 14.4 Å². The van der Waals surface area contributed by atoms with Crippen LogP contribution in [-0.2, 0) is 9.59 Å². The normalized spacial score (nSPS) is 13.7. The summed E-state index contributed by atoms with van der Waals surface area (Å²) in [5, 5.41) is 8.16. The molecule has 162 valence electrons. The van der Waals surface area contributed by atoms with Gasteiger partial charge < -0.3 is 5.32 Å². The summed E-state index contributed by atoms with van der Waals surface area (Å²) in [7, 11) is 0. The molecule has 2 heterocycles. The number of nitrogens with one attached hydrogen (secondary N) is 2. The molecule has 0 saturated heterocycles. The molecule has 3 aromatic rings. The van der Waals surface area contributed by atoms with Crippen LogP contribution in [0.2, 0.25) is 5.02 Å². The van der Waals surface area contributed by atoms with Crippen LogP contribution >= 0.6 is 34.5 Å². The van der Waals surface area contributed by atoms with Crippen molar-refractivity contribution in [2.75, 3.05) is 15.5 Å². The fraction of sp³-hybridized carbons (Fsp3) is 0.0909. The number of aromatic nitrogens is 1. The quantitative estimate of drug-likeness (QED) is 0.489. The van der Waals surface area contributed by atoms with E-state index in [0.717, 1.165) is 16.2 Å². The molecule has 0 unspecified atom stereocenters. The second-order valence-corrected chi connectivity index (χ2v) is 8.66. The molecule has 2 N–H and O–H groups in total. The molecule has 7 nitrogen and oxygen atoms in total. The van der Waals surface area contributed by atoms with E-state index in [1.54, 1.807) is 36.4 Å². The fourth-order valence-electron chi connectivity index (χ4n) is 3.00.